The van der Waals surface area contributed by atoms with Gasteiger partial charge < -0.3 is 15.2 Å². The number of nitrogens with zero attached hydrogens (tertiary/aromatic N) is 1. The van der Waals surface area contributed by atoms with Gasteiger partial charge in [-0.25, -0.2) is 4.98 Å². The first kappa shape index (κ1) is 10.6. The number of hydrogen-bond donors (Lipinski definition) is 1. The number of thiazole rings is 1. The second-order valence-corrected chi connectivity index (χ2v) is 3.59. The fourth-order valence-electron chi connectivity index (χ4n) is 0.907. The van der Waals surface area contributed by atoms with Crippen LogP contribution in [0.1, 0.15) is 23.3 Å². The van der Waals surface area contributed by atoms with Crippen LogP contribution >= 0.6 is 11.3 Å². The van der Waals surface area contributed by atoms with Crippen LogP contribution in [0.5, 0.6) is 0 Å². The molecule has 0 saturated heterocycles. The van der Waals surface area contributed by atoms with Gasteiger partial charge in [0.15, 0.2) is 0 Å². The number of aromatic nitrogens is 1. The van der Waals surface area contributed by atoms with Crippen LogP contribution in [0.2, 0.25) is 0 Å². The van der Waals surface area contributed by atoms with Crippen LogP contribution in [0.4, 0.5) is 5.00 Å². The molecule has 1 heterocycles. The topological polar surface area (TPSA) is 65.0 Å². The summed E-state index contributed by atoms with van der Waals surface area (Å²) >= 11 is 1.30. The van der Waals surface area contributed by atoms with Gasteiger partial charge in [-0.3, -0.25) is 0 Å². The summed E-state index contributed by atoms with van der Waals surface area (Å²) in [6.45, 7) is 0. The number of rotatable bonds is 3. The summed E-state index contributed by atoms with van der Waals surface area (Å²) in [6, 6.07) is 0.448. The number of hydrogen-bond acceptors (Lipinski definition) is 5. The van der Waals surface area contributed by atoms with Crippen molar-refractivity contribution in [2.45, 2.75) is 18.9 Å². The van der Waals surface area contributed by atoms with E-state index in [1.165, 1.54) is 16.8 Å². The predicted molar refractivity (Wildman–Crippen MR) is 43.1 cm³/mol. The molecule has 1 aromatic rings. The number of anilines is 1. The monoisotopic (exact) mass is 190 g/mol. The maximum absolute atomic E-state index is 10.5. The van der Waals surface area contributed by atoms with Gasteiger partial charge >= 0.3 is 18.9 Å². The summed E-state index contributed by atoms with van der Waals surface area (Å²) in [5, 5.41) is 14.2. The van der Waals surface area contributed by atoms with Crippen molar-refractivity contribution in [3.8, 4) is 0 Å². The fourth-order valence-corrected chi connectivity index (χ4v) is 1.65. The van der Waals surface area contributed by atoms with Gasteiger partial charge in [0, 0.05) is 6.04 Å². The summed E-state index contributed by atoms with van der Waals surface area (Å²) < 4.78 is 0. The standard InChI is InChI=1S/C7H8N2O2S.Li/c10-7(11)5-6(12-3-8-5)9-4-1-2-4;/h3-4,9H,1-2H2,(H,10,11);/q;+1/p-1. The minimum atomic E-state index is -1.21. The molecule has 1 aliphatic rings. The van der Waals surface area contributed by atoms with Gasteiger partial charge in [0.1, 0.15) is 10.7 Å². The summed E-state index contributed by atoms with van der Waals surface area (Å²) in [6.07, 6.45) is 2.23. The molecule has 1 N–H and O–H groups in total. The molecule has 0 aromatic carbocycles. The van der Waals surface area contributed by atoms with E-state index in [1.807, 2.05) is 0 Å². The SMILES string of the molecule is O=C([O-])c1ncsc1NC1CC1.[Li+]. The van der Waals surface area contributed by atoms with Gasteiger partial charge in [-0.2, -0.15) is 0 Å². The molecular formula is C7H7LiN2O2S. The van der Waals surface area contributed by atoms with Crippen molar-refractivity contribution in [1.29, 1.82) is 0 Å². The molecule has 1 fully saturated rings. The molecule has 1 aromatic heterocycles. The molecule has 0 bridgehead atoms. The van der Waals surface area contributed by atoms with Crippen molar-refractivity contribution in [3.05, 3.63) is 11.2 Å². The first-order valence-corrected chi connectivity index (χ1v) is 4.56. The Morgan fingerprint density at radius 1 is 1.69 bits per heavy atom. The third-order valence-corrected chi connectivity index (χ3v) is 2.43. The van der Waals surface area contributed by atoms with Gasteiger partial charge in [0.25, 0.3) is 0 Å². The van der Waals surface area contributed by atoms with Gasteiger partial charge in [-0.1, -0.05) is 0 Å². The van der Waals surface area contributed by atoms with Crippen LogP contribution in [0.15, 0.2) is 5.51 Å². The van der Waals surface area contributed by atoms with Crippen molar-refractivity contribution in [1.82, 2.24) is 4.98 Å². The predicted octanol–water partition coefficient (Wildman–Crippen LogP) is -2.92. The molecular weight excluding hydrogens is 183 g/mol. The van der Waals surface area contributed by atoms with E-state index in [2.05, 4.69) is 10.3 Å². The molecule has 0 radical (unpaired) electrons. The molecule has 6 heteroatoms. The smallest absolute Gasteiger partial charge is 0.543 e. The molecule has 0 spiro atoms. The largest absolute Gasteiger partial charge is 1.00 e. The first-order chi connectivity index (χ1) is 5.77. The zero-order valence-corrected chi connectivity index (χ0v) is 8.06. The van der Waals surface area contributed by atoms with E-state index in [9.17, 15) is 9.90 Å². The van der Waals surface area contributed by atoms with E-state index in [1.54, 1.807) is 0 Å². The van der Waals surface area contributed by atoms with Crippen molar-refractivity contribution in [2.75, 3.05) is 5.32 Å². The van der Waals surface area contributed by atoms with Gasteiger partial charge in [-0.05, 0) is 12.8 Å². The van der Waals surface area contributed by atoms with Crippen molar-refractivity contribution in [2.24, 2.45) is 0 Å². The zero-order valence-electron chi connectivity index (χ0n) is 7.24. The van der Waals surface area contributed by atoms with Gasteiger partial charge in [-0.15, -0.1) is 11.3 Å². The number of carbonyl (C=O) groups excluding carboxylic acids is 1. The van der Waals surface area contributed by atoms with E-state index in [0.29, 0.717) is 11.0 Å². The maximum Gasteiger partial charge on any atom is 1.00 e. The van der Waals surface area contributed by atoms with Crippen LogP contribution in [0.3, 0.4) is 0 Å². The van der Waals surface area contributed by atoms with Crippen molar-refractivity contribution in [3.63, 3.8) is 0 Å². The summed E-state index contributed by atoms with van der Waals surface area (Å²) in [5.41, 5.74) is 1.54. The van der Waals surface area contributed by atoms with Crippen molar-refractivity contribution >= 4 is 22.3 Å². The molecule has 0 atom stereocenters. The molecule has 64 valence electrons. The second-order valence-electron chi connectivity index (χ2n) is 2.74. The maximum atomic E-state index is 10.5. The minimum absolute atomic E-state index is 0. The number of nitrogens with one attached hydrogen (secondary N) is 1. The quantitative estimate of drug-likeness (QED) is 0.519. The number of carboxylic acid groups (broad SMARTS) is 1. The van der Waals surface area contributed by atoms with Gasteiger partial charge in [0.2, 0.25) is 0 Å². The average molecular weight is 190 g/mol. The third-order valence-electron chi connectivity index (χ3n) is 1.67. The number of carboxylic acids is 1. The van der Waals surface area contributed by atoms with E-state index >= 15 is 0 Å². The van der Waals surface area contributed by atoms with E-state index < -0.39 is 5.97 Å². The minimum Gasteiger partial charge on any atom is -0.543 e. The van der Waals surface area contributed by atoms with Crippen LogP contribution in [-0.2, 0) is 0 Å². The Bertz CT molecular complexity index is 311. The zero-order chi connectivity index (χ0) is 8.55. The first-order valence-electron chi connectivity index (χ1n) is 3.69. The Labute approximate surface area is 91.5 Å². The summed E-state index contributed by atoms with van der Waals surface area (Å²) in [5.74, 6) is -1.21. The van der Waals surface area contributed by atoms with E-state index in [-0.39, 0.29) is 24.6 Å². The Morgan fingerprint density at radius 2 is 2.38 bits per heavy atom. The molecule has 0 aliphatic heterocycles. The normalized spacial score (nSPS) is 14.8. The Morgan fingerprint density at radius 3 is 2.92 bits per heavy atom. The average Bonchev–Trinajstić information content (AvgIpc) is 2.66. The summed E-state index contributed by atoms with van der Waals surface area (Å²) in [7, 11) is 0. The molecule has 4 nitrogen and oxygen atoms in total. The Hall–Kier alpha value is -0.503. The third kappa shape index (κ3) is 2.47. The van der Waals surface area contributed by atoms with E-state index in [4.69, 9.17) is 0 Å². The molecule has 1 saturated carbocycles. The molecule has 2 rings (SSSR count). The van der Waals surface area contributed by atoms with Crippen LogP contribution in [0.25, 0.3) is 0 Å². The van der Waals surface area contributed by atoms with Crippen LogP contribution in [-0.4, -0.2) is 17.0 Å². The fraction of sp³-hybridized carbons (Fsp3) is 0.429. The molecule has 0 amide bonds. The number of aromatic carboxylic acids is 1. The van der Waals surface area contributed by atoms with Crippen LogP contribution in [0, 0.1) is 0 Å². The van der Waals surface area contributed by atoms with Gasteiger partial charge in [0.05, 0.1) is 11.5 Å². The number of carbonyl (C=O) groups is 1. The Balaban J connectivity index is 0.000000845. The van der Waals surface area contributed by atoms with Crippen LogP contribution < -0.4 is 29.3 Å². The van der Waals surface area contributed by atoms with Crippen molar-refractivity contribution < 1.29 is 28.8 Å². The Kier molecular flexibility index (Phi) is 3.37. The molecule has 13 heavy (non-hydrogen) atoms. The second kappa shape index (κ2) is 4.14. The molecule has 0 unspecified atom stereocenters. The van der Waals surface area contributed by atoms with E-state index in [0.717, 1.165) is 12.8 Å². The summed E-state index contributed by atoms with van der Waals surface area (Å²) in [4.78, 5) is 14.2. The molecule has 1 aliphatic carbocycles.